The number of halogens is 3. The zero-order valence-electron chi connectivity index (χ0n) is 14.3. The van der Waals surface area contributed by atoms with Crippen LogP contribution in [0.5, 0.6) is 5.75 Å². The number of alkyl halides is 3. The molecule has 1 aromatic rings. The summed E-state index contributed by atoms with van der Waals surface area (Å²) < 4.78 is 67.7. The van der Waals surface area contributed by atoms with Gasteiger partial charge in [-0.1, -0.05) is 0 Å². The van der Waals surface area contributed by atoms with Crippen LogP contribution in [-0.2, 0) is 21.0 Å². The molecule has 0 saturated carbocycles. The minimum absolute atomic E-state index is 0.130. The third-order valence-corrected chi connectivity index (χ3v) is 4.76. The summed E-state index contributed by atoms with van der Waals surface area (Å²) in [5.74, 6) is -0.168. The lowest BCUT2D eigenvalue weighted by Crippen LogP contribution is -2.50. The van der Waals surface area contributed by atoms with Gasteiger partial charge in [0.1, 0.15) is 5.75 Å². The van der Waals surface area contributed by atoms with Crippen molar-refractivity contribution in [3.05, 3.63) is 29.8 Å². The summed E-state index contributed by atoms with van der Waals surface area (Å²) >= 11 is 0. The van der Waals surface area contributed by atoms with Gasteiger partial charge in [0.05, 0.1) is 11.8 Å². The van der Waals surface area contributed by atoms with Crippen molar-refractivity contribution in [2.45, 2.75) is 31.5 Å². The number of carbonyl (C=O) groups excluding carboxylic acids is 1. The molecule has 1 saturated heterocycles. The second-order valence-corrected chi connectivity index (χ2v) is 8.00. The highest BCUT2D eigenvalue weighted by Gasteiger charge is 2.30. The van der Waals surface area contributed by atoms with Gasteiger partial charge in [-0.2, -0.15) is 13.2 Å². The van der Waals surface area contributed by atoms with Crippen LogP contribution in [0.2, 0.25) is 0 Å². The number of sulfonamides is 1. The molecular weight excluding hydrogens is 373 g/mol. The normalized spacial score (nSPS) is 18.6. The highest BCUT2D eigenvalue weighted by atomic mass is 32.2. The number of hydrogen-bond acceptors (Lipinski definition) is 4. The van der Waals surface area contributed by atoms with Crippen LogP contribution >= 0.6 is 0 Å². The molecule has 26 heavy (non-hydrogen) atoms. The smallest absolute Gasteiger partial charge is 0.416 e. The molecule has 1 fully saturated rings. The van der Waals surface area contributed by atoms with E-state index in [0.29, 0.717) is 13.0 Å². The minimum Gasteiger partial charge on any atom is -0.484 e. The summed E-state index contributed by atoms with van der Waals surface area (Å²) in [5, 5.41) is 0. The van der Waals surface area contributed by atoms with Gasteiger partial charge < -0.3 is 9.64 Å². The fourth-order valence-electron chi connectivity index (χ4n) is 2.76. The quantitative estimate of drug-likeness (QED) is 0.801. The molecule has 1 aliphatic heterocycles. The maximum Gasteiger partial charge on any atom is 0.416 e. The molecule has 1 N–H and O–H groups in total. The largest absolute Gasteiger partial charge is 0.484 e. The lowest BCUT2D eigenvalue weighted by Gasteiger charge is -2.35. The lowest BCUT2D eigenvalue weighted by atomic mass is 10.0. The van der Waals surface area contributed by atoms with Crippen LogP contribution in [0.25, 0.3) is 0 Å². The van der Waals surface area contributed by atoms with E-state index in [0.717, 1.165) is 43.4 Å². The van der Waals surface area contributed by atoms with E-state index < -0.39 is 21.8 Å². The fraction of sp³-hybridized carbons (Fsp3) is 0.562. The second kappa shape index (κ2) is 8.26. The Labute approximate surface area is 150 Å². The van der Waals surface area contributed by atoms with E-state index in [1.807, 2.05) is 0 Å². The van der Waals surface area contributed by atoms with Crippen LogP contribution < -0.4 is 9.46 Å². The molecule has 1 aliphatic rings. The second-order valence-electron chi connectivity index (χ2n) is 6.17. The Morgan fingerprint density at radius 1 is 1.27 bits per heavy atom. The highest BCUT2D eigenvalue weighted by molar-refractivity contribution is 7.88. The standard InChI is InChI=1S/C16H21F3N2O4S/c1-26(23,24)20-10-13-4-2-3-9-21(13)15(22)11-25-14-7-5-12(6-8-14)16(17,18)19/h5-8,13,20H,2-4,9-11H2,1H3. The first-order valence-corrected chi connectivity index (χ1v) is 9.99. The number of hydrogen-bond donors (Lipinski definition) is 1. The number of likely N-dealkylation sites (tertiary alicyclic amines) is 1. The van der Waals surface area contributed by atoms with Gasteiger partial charge >= 0.3 is 6.18 Å². The average molecular weight is 394 g/mol. The van der Waals surface area contributed by atoms with E-state index in [4.69, 9.17) is 4.74 Å². The maximum absolute atomic E-state index is 12.5. The van der Waals surface area contributed by atoms with Gasteiger partial charge in [-0.3, -0.25) is 4.79 Å². The topological polar surface area (TPSA) is 75.7 Å². The first-order chi connectivity index (χ1) is 12.1. The van der Waals surface area contributed by atoms with Gasteiger partial charge in [0.25, 0.3) is 5.91 Å². The monoisotopic (exact) mass is 394 g/mol. The van der Waals surface area contributed by atoms with Crippen molar-refractivity contribution in [3.8, 4) is 5.75 Å². The van der Waals surface area contributed by atoms with E-state index in [1.165, 1.54) is 0 Å². The van der Waals surface area contributed by atoms with Crippen LogP contribution in [0.3, 0.4) is 0 Å². The van der Waals surface area contributed by atoms with Crippen molar-refractivity contribution < 1.29 is 31.1 Å². The van der Waals surface area contributed by atoms with Crippen LogP contribution in [0, 0.1) is 0 Å². The van der Waals surface area contributed by atoms with Crippen molar-refractivity contribution in [2.24, 2.45) is 0 Å². The highest BCUT2D eigenvalue weighted by Crippen LogP contribution is 2.30. The van der Waals surface area contributed by atoms with Crippen molar-refractivity contribution in [1.29, 1.82) is 0 Å². The number of nitrogens with zero attached hydrogens (tertiary/aromatic N) is 1. The van der Waals surface area contributed by atoms with Gasteiger partial charge in [-0.25, -0.2) is 13.1 Å². The Balaban J connectivity index is 1.92. The summed E-state index contributed by atoms with van der Waals surface area (Å²) in [6.45, 7) is 0.302. The molecule has 0 spiro atoms. The molecule has 0 bridgehead atoms. The fourth-order valence-corrected chi connectivity index (χ4v) is 3.25. The minimum atomic E-state index is -4.43. The zero-order valence-corrected chi connectivity index (χ0v) is 15.1. The van der Waals surface area contributed by atoms with Crippen LogP contribution in [0.4, 0.5) is 13.2 Å². The Hall–Kier alpha value is -1.81. The Bertz CT molecular complexity index is 720. The van der Waals surface area contributed by atoms with Gasteiger partial charge in [-0.15, -0.1) is 0 Å². The third-order valence-electron chi connectivity index (χ3n) is 4.07. The maximum atomic E-state index is 12.5. The molecule has 6 nitrogen and oxygen atoms in total. The van der Waals surface area contributed by atoms with Gasteiger partial charge in [0.2, 0.25) is 10.0 Å². The molecule has 1 unspecified atom stereocenters. The molecular formula is C16H21F3N2O4S. The predicted molar refractivity (Wildman–Crippen MR) is 89.1 cm³/mol. The van der Waals surface area contributed by atoms with Gasteiger partial charge in [0.15, 0.2) is 6.61 Å². The van der Waals surface area contributed by atoms with E-state index >= 15 is 0 Å². The van der Waals surface area contributed by atoms with Gasteiger partial charge in [0, 0.05) is 19.1 Å². The summed E-state index contributed by atoms with van der Waals surface area (Å²) in [7, 11) is -3.36. The van der Waals surface area contributed by atoms with Crippen molar-refractivity contribution in [1.82, 2.24) is 9.62 Å². The number of rotatable bonds is 6. The number of amides is 1. The summed E-state index contributed by atoms with van der Waals surface area (Å²) in [6, 6.07) is 3.84. The lowest BCUT2D eigenvalue weighted by molar-refractivity contribution is -0.138. The Morgan fingerprint density at radius 2 is 1.92 bits per heavy atom. The first kappa shape index (κ1) is 20.5. The van der Waals surface area contributed by atoms with Crippen LogP contribution in [0.1, 0.15) is 24.8 Å². The Morgan fingerprint density at radius 3 is 2.50 bits per heavy atom. The molecule has 1 aromatic carbocycles. The number of benzene rings is 1. The van der Waals surface area contributed by atoms with Crippen LogP contribution in [-0.4, -0.2) is 51.2 Å². The SMILES string of the molecule is CS(=O)(=O)NCC1CCCCN1C(=O)COc1ccc(C(F)(F)F)cc1. The number of nitrogens with one attached hydrogen (secondary N) is 1. The van der Waals surface area contributed by atoms with Gasteiger partial charge in [-0.05, 0) is 43.5 Å². The molecule has 1 amide bonds. The summed E-state index contributed by atoms with van der Waals surface area (Å²) in [4.78, 5) is 13.9. The number of piperidine rings is 1. The molecule has 1 atom stereocenters. The van der Waals surface area contributed by atoms with Crippen molar-refractivity contribution >= 4 is 15.9 Å². The zero-order chi connectivity index (χ0) is 19.4. The number of ether oxygens (including phenoxy) is 1. The molecule has 1 heterocycles. The molecule has 10 heteroatoms. The number of carbonyl (C=O) groups is 1. The van der Waals surface area contributed by atoms with Crippen molar-refractivity contribution in [3.63, 3.8) is 0 Å². The van der Waals surface area contributed by atoms with E-state index in [1.54, 1.807) is 4.90 Å². The van der Waals surface area contributed by atoms with Crippen molar-refractivity contribution in [2.75, 3.05) is 26.0 Å². The molecule has 0 aromatic heterocycles. The van der Waals surface area contributed by atoms with E-state index in [9.17, 15) is 26.4 Å². The van der Waals surface area contributed by atoms with Crippen LogP contribution in [0.15, 0.2) is 24.3 Å². The third kappa shape index (κ3) is 6.17. The van der Waals surface area contributed by atoms with E-state index in [-0.39, 0.29) is 30.9 Å². The first-order valence-electron chi connectivity index (χ1n) is 8.10. The predicted octanol–water partition coefficient (Wildman–Crippen LogP) is 2.01. The molecule has 146 valence electrons. The molecule has 2 rings (SSSR count). The molecule has 0 aliphatic carbocycles. The molecule has 0 radical (unpaired) electrons. The average Bonchev–Trinajstić information content (AvgIpc) is 2.57. The summed E-state index contributed by atoms with van der Waals surface area (Å²) in [6.07, 6.45) is -1.01. The van der Waals surface area contributed by atoms with E-state index in [2.05, 4.69) is 4.72 Å². The Kier molecular flexibility index (Phi) is 6.51. The summed E-state index contributed by atoms with van der Waals surface area (Å²) in [5.41, 5.74) is -0.792.